The number of rotatable bonds is 14. The van der Waals surface area contributed by atoms with Crippen LogP contribution in [0.3, 0.4) is 0 Å². The molecule has 0 radical (unpaired) electrons. The van der Waals surface area contributed by atoms with Gasteiger partial charge in [0.1, 0.15) is 5.78 Å². The summed E-state index contributed by atoms with van der Waals surface area (Å²) >= 11 is 0. The fraction of sp³-hybridized carbons (Fsp3) is 0.600. The van der Waals surface area contributed by atoms with Crippen molar-refractivity contribution in [1.82, 2.24) is 5.32 Å². The minimum Gasteiger partial charge on any atom is -0.493 e. The van der Waals surface area contributed by atoms with E-state index in [1.165, 1.54) is 18.4 Å². The van der Waals surface area contributed by atoms with Gasteiger partial charge in [0, 0.05) is 18.9 Å². The molecule has 0 heterocycles. The molecule has 1 fully saturated rings. The zero-order valence-electron chi connectivity index (χ0n) is 19.7. The summed E-state index contributed by atoms with van der Waals surface area (Å²) in [5.74, 6) is 6.95. The van der Waals surface area contributed by atoms with Crippen molar-refractivity contribution in [3.8, 4) is 17.2 Å². The van der Waals surface area contributed by atoms with Gasteiger partial charge in [-0.3, -0.25) is 4.79 Å². The maximum atomic E-state index is 12.6. The van der Waals surface area contributed by atoms with Crippen LogP contribution in [0, 0.1) is 0 Å². The molecule has 1 aliphatic carbocycles. The molecule has 1 aromatic carbocycles. The Hall–Kier alpha value is -2.54. The summed E-state index contributed by atoms with van der Waals surface area (Å²) in [4.78, 5) is 28.6. The first-order valence-corrected chi connectivity index (χ1v) is 11.5. The lowest BCUT2D eigenvalue weighted by molar-refractivity contribution is -0.121. The summed E-state index contributed by atoms with van der Waals surface area (Å²) in [5, 5.41) is 3.20. The molecule has 1 aromatic rings. The van der Waals surface area contributed by atoms with E-state index < -0.39 is 0 Å². The van der Waals surface area contributed by atoms with Crippen molar-refractivity contribution in [1.29, 1.82) is 0 Å². The highest BCUT2D eigenvalue weighted by Gasteiger charge is 2.18. The molecule has 0 bridgehead atoms. The summed E-state index contributed by atoms with van der Waals surface area (Å²) in [6, 6.07) is 3.70. The van der Waals surface area contributed by atoms with E-state index in [1.807, 2.05) is 12.1 Å². The van der Waals surface area contributed by atoms with E-state index in [0.717, 1.165) is 44.1 Å². The van der Waals surface area contributed by atoms with Crippen molar-refractivity contribution >= 4 is 11.7 Å². The number of hydrogen-bond donors (Lipinski definition) is 2. The van der Waals surface area contributed by atoms with Gasteiger partial charge < -0.3 is 24.4 Å². The van der Waals surface area contributed by atoms with Gasteiger partial charge >= 0.3 is 0 Å². The molecule has 32 heavy (non-hydrogen) atoms. The molecule has 7 heteroatoms. The average molecular weight is 447 g/mol. The number of carbonyl (C=O) groups is 2. The lowest BCUT2D eigenvalue weighted by atomic mass is 10.00. The monoisotopic (exact) mass is 446 g/mol. The Balaban J connectivity index is 2.05. The summed E-state index contributed by atoms with van der Waals surface area (Å²) in [6.45, 7) is 1.60. The lowest BCUT2D eigenvalue weighted by Crippen LogP contribution is -2.36. The van der Waals surface area contributed by atoms with Crippen LogP contribution < -0.4 is 25.5 Å². The van der Waals surface area contributed by atoms with Crippen LogP contribution in [-0.2, 0) is 16.0 Å². The number of ketones is 1. The van der Waals surface area contributed by atoms with E-state index in [-0.39, 0.29) is 17.7 Å². The number of ether oxygens (including phenoxy) is 2. The molecule has 0 spiro atoms. The van der Waals surface area contributed by atoms with Crippen LogP contribution in [-0.4, -0.2) is 32.0 Å². The van der Waals surface area contributed by atoms with Crippen LogP contribution in [0.25, 0.3) is 0 Å². The second-order valence-corrected chi connectivity index (χ2v) is 8.48. The predicted molar refractivity (Wildman–Crippen MR) is 125 cm³/mol. The third-order valence-electron chi connectivity index (χ3n) is 5.85. The van der Waals surface area contributed by atoms with Gasteiger partial charge in [0.2, 0.25) is 11.7 Å². The zero-order chi connectivity index (χ0) is 23.3. The van der Waals surface area contributed by atoms with Crippen LogP contribution in [0.2, 0.25) is 0 Å². The third kappa shape index (κ3) is 8.54. The Morgan fingerprint density at radius 1 is 1.06 bits per heavy atom. The van der Waals surface area contributed by atoms with Crippen LogP contribution in [0.4, 0.5) is 0 Å². The molecular formula is C25H38N2O5. The Morgan fingerprint density at radius 2 is 1.69 bits per heavy atom. The first-order chi connectivity index (χ1) is 15.5. The molecule has 7 nitrogen and oxygen atoms in total. The molecule has 178 valence electrons. The maximum Gasteiger partial charge on any atom is 0.230 e. The number of hydrogen-bond acceptors (Lipinski definition) is 6. The smallest absolute Gasteiger partial charge is 0.230 e. The van der Waals surface area contributed by atoms with Gasteiger partial charge in [-0.2, -0.15) is 5.90 Å². The number of nitrogens with two attached hydrogens (primary N) is 1. The second-order valence-electron chi connectivity index (χ2n) is 8.48. The van der Waals surface area contributed by atoms with Crippen molar-refractivity contribution in [2.75, 3.05) is 14.2 Å². The molecule has 2 rings (SSSR count). The van der Waals surface area contributed by atoms with E-state index >= 15 is 0 Å². The van der Waals surface area contributed by atoms with Crippen molar-refractivity contribution in [2.24, 2.45) is 5.90 Å². The molecular weight excluding hydrogens is 408 g/mol. The number of allylic oxidation sites excluding steroid dienone is 1. The molecule has 1 saturated carbocycles. The van der Waals surface area contributed by atoms with Gasteiger partial charge in [0.05, 0.1) is 14.2 Å². The van der Waals surface area contributed by atoms with Gasteiger partial charge in [-0.15, -0.1) is 0 Å². The molecule has 1 aliphatic rings. The minimum absolute atomic E-state index is 0.0353. The molecule has 1 atom stereocenters. The number of amides is 1. The molecule has 1 amide bonds. The standard InChI is InChI=1S/C25H38N2O5/c1-18(28)9-5-4-6-12-24(29)27-21(14-13-19-10-7-8-11-19)15-20-16-22(30-2)25(32-26)23(17-20)31-3/h13,16-17,21H,4-12,14-15,26H2,1-3H3,(H,27,29)/t21-/m1/s1. The first kappa shape index (κ1) is 25.7. The Labute approximate surface area is 191 Å². The van der Waals surface area contributed by atoms with Crippen LogP contribution in [0.15, 0.2) is 23.8 Å². The van der Waals surface area contributed by atoms with Crippen LogP contribution in [0.5, 0.6) is 17.2 Å². The third-order valence-corrected chi connectivity index (χ3v) is 5.85. The Bertz CT molecular complexity index is 758. The number of benzene rings is 1. The molecule has 0 unspecified atom stereocenters. The summed E-state index contributed by atoms with van der Waals surface area (Å²) in [6.07, 6.45) is 12.1. The lowest BCUT2D eigenvalue weighted by Gasteiger charge is -2.20. The quantitative estimate of drug-likeness (QED) is 0.249. The Morgan fingerprint density at radius 3 is 2.25 bits per heavy atom. The van der Waals surface area contributed by atoms with Crippen molar-refractivity contribution in [3.05, 3.63) is 29.3 Å². The largest absolute Gasteiger partial charge is 0.493 e. The molecule has 0 aromatic heterocycles. The van der Waals surface area contributed by atoms with Crippen molar-refractivity contribution in [3.63, 3.8) is 0 Å². The molecule has 3 N–H and O–H groups in total. The highest BCUT2D eigenvalue weighted by atomic mass is 16.6. The van der Waals surface area contributed by atoms with Crippen molar-refractivity contribution < 1.29 is 23.9 Å². The van der Waals surface area contributed by atoms with Crippen molar-refractivity contribution in [2.45, 2.75) is 83.6 Å². The number of methoxy groups -OCH3 is 2. The molecule has 0 aliphatic heterocycles. The first-order valence-electron chi connectivity index (χ1n) is 11.5. The van der Waals surface area contributed by atoms with E-state index in [0.29, 0.717) is 36.5 Å². The number of carbonyl (C=O) groups excluding carboxylic acids is 2. The van der Waals surface area contributed by atoms with Gasteiger partial charge in [-0.1, -0.05) is 18.1 Å². The molecule has 0 saturated heterocycles. The fourth-order valence-electron chi connectivity index (χ4n) is 4.12. The Kier molecular flexibility index (Phi) is 11.1. The van der Waals surface area contributed by atoms with Crippen LogP contribution >= 0.6 is 0 Å². The van der Waals surface area contributed by atoms with E-state index in [4.69, 9.17) is 20.2 Å². The SMILES string of the molecule is COc1cc(C[C@@H](CC=C2CCCC2)NC(=O)CCCCCC(C)=O)cc(OC)c1ON. The van der Waals surface area contributed by atoms with E-state index in [1.54, 1.807) is 21.1 Å². The van der Waals surface area contributed by atoms with Gasteiger partial charge in [0.15, 0.2) is 11.5 Å². The number of nitrogens with one attached hydrogen (secondary N) is 1. The van der Waals surface area contributed by atoms with Crippen LogP contribution in [0.1, 0.15) is 76.7 Å². The highest BCUT2D eigenvalue weighted by Crippen LogP contribution is 2.38. The number of unbranched alkanes of at least 4 members (excludes halogenated alkanes) is 2. The van der Waals surface area contributed by atoms with E-state index in [9.17, 15) is 9.59 Å². The number of Topliss-reactive ketones (excluding diaryl/α,β-unsaturated/α-hetero) is 1. The summed E-state index contributed by atoms with van der Waals surface area (Å²) < 4.78 is 10.8. The average Bonchev–Trinajstić information content (AvgIpc) is 3.30. The fourth-order valence-corrected chi connectivity index (χ4v) is 4.12. The second kappa shape index (κ2) is 13.8. The normalized spacial score (nSPS) is 14.1. The summed E-state index contributed by atoms with van der Waals surface area (Å²) in [7, 11) is 3.11. The van der Waals surface area contributed by atoms with E-state index in [2.05, 4.69) is 11.4 Å². The maximum absolute atomic E-state index is 12.6. The topological polar surface area (TPSA) is 99.9 Å². The predicted octanol–water partition coefficient (Wildman–Crippen LogP) is 4.41. The zero-order valence-corrected chi connectivity index (χ0v) is 19.7. The minimum atomic E-state index is -0.0353. The summed E-state index contributed by atoms with van der Waals surface area (Å²) in [5.41, 5.74) is 2.45. The van der Waals surface area contributed by atoms with Gasteiger partial charge in [0.25, 0.3) is 0 Å². The highest BCUT2D eigenvalue weighted by molar-refractivity contribution is 5.76. The van der Waals surface area contributed by atoms with Gasteiger partial charge in [-0.05, 0) is 76.0 Å². The van der Waals surface area contributed by atoms with Gasteiger partial charge in [-0.25, -0.2) is 0 Å².